The Kier molecular flexibility index (Phi) is 2.85. The molecule has 2 aliphatic carbocycles. The van der Waals surface area contributed by atoms with Crippen molar-refractivity contribution in [3.05, 3.63) is 12.2 Å². The highest BCUT2D eigenvalue weighted by Gasteiger charge is 2.46. The van der Waals surface area contributed by atoms with E-state index in [4.69, 9.17) is 4.74 Å². The summed E-state index contributed by atoms with van der Waals surface area (Å²) >= 11 is 0. The van der Waals surface area contributed by atoms with Gasteiger partial charge in [-0.3, -0.25) is 4.79 Å². The van der Waals surface area contributed by atoms with Crippen LogP contribution in [0.1, 0.15) is 39.5 Å². The molecule has 0 aromatic carbocycles. The van der Waals surface area contributed by atoms with Crippen LogP contribution < -0.4 is 0 Å². The van der Waals surface area contributed by atoms with E-state index in [1.54, 1.807) is 0 Å². The topological polar surface area (TPSA) is 26.3 Å². The molecule has 1 saturated carbocycles. The molecule has 0 aliphatic heterocycles. The van der Waals surface area contributed by atoms with E-state index >= 15 is 0 Å². The normalized spacial score (nSPS) is 38.8. The van der Waals surface area contributed by atoms with Gasteiger partial charge < -0.3 is 4.74 Å². The van der Waals surface area contributed by atoms with E-state index in [1.165, 1.54) is 0 Å². The van der Waals surface area contributed by atoms with Crippen molar-refractivity contribution in [1.29, 1.82) is 0 Å². The zero-order chi connectivity index (χ0) is 10.9. The van der Waals surface area contributed by atoms with Gasteiger partial charge in [-0.1, -0.05) is 19.1 Å². The average molecular weight is 208 g/mol. The molecule has 84 valence electrons. The van der Waals surface area contributed by atoms with E-state index in [9.17, 15) is 4.79 Å². The van der Waals surface area contributed by atoms with Gasteiger partial charge in [-0.25, -0.2) is 0 Å². The zero-order valence-electron chi connectivity index (χ0n) is 9.66. The van der Waals surface area contributed by atoms with Gasteiger partial charge in [0, 0.05) is 0 Å². The van der Waals surface area contributed by atoms with Gasteiger partial charge in [-0.15, -0.1) is 0 Å². The Hall–Kier alpha value is -0.790. The second kappa shape index (κ2) is 3.99. The van der Waals surface area contributed by atoms with Crippen molar-refractivity contribution < 1.29 is 9.53 Å². The van der Waals surface area contributed by atoms with Crippen LogP contribution in [0, 0.1) is 17.3 Å². The Bertz CT molecular complexity index is 282. The molecule has 0 aromatic rings. The van der Waals surface area contributed by atoms with Gasteiger partial charge in [-0.05, 0) is 44.4 Å². The van der Waals surface area contributed by atoms with Crippen LogP contribution in [0.3, 0.4) is 0 Å². The summed E-state index contributed by atoms with van der Waals surface area (Å²) in [6.45, 7) is 4.68. The highest BCUT2D eigenvalue weighted by atomic mass is 16.5. The largest absolute Gasteiger partial charge is 0.466 e. The Morgan fingerprint density at radius 1 is 1.60 bits per heavy atom. The van der Waals surface area contributed by atoms with Gasteiger partial charge >= 0.3 is 5.97 Å². The van der Waals surface area contributed by atoms with Crippen molar-refractivity contribution in [2.24, 2.45) is 17.3 Å². The highest BCUT2D eigenvalue weighted by Crippen LogP contribution is 2.48. The first-order valence-corrected chi connectivity index (χ1v) is 6.02. The predicted octanol–water partition coefficient (Wildman–Crippen LogP) is 2.93. The maximum atomic E-state index is 12.0. The molecule has 0 saturated heterocycles. The minimum absolute atomic E-state index is 0.0336. The maximum absolute atomic E-state index is 12.0. The van der Waals surface area contributed by atoms with Crippen molar-refractivity contribution in [3.8, 4) is 0 Å². The summed E-state index contributed by atoms with van der Waals surface area (Å²) in [5.41, 5.74) is -0.179. The Morgan fingerprint density at radius 2 is 2.40 bits per heavy atom. The van der Waals surface area contributed by atoms with Crippen LogP contribution in [0.5, 0.6) is 0 Å². The summed E-state index contributed by atoms with van der Waals surface area (Å²) in [5.74, 6) is 1.35. The molecule has 0 unspecified atom stereocenters. The lowest BCUT2D eigenvalue weighted by Gasteiger charge is -2.43. The molecule has 15 heavy (non-hydrogen) atoms. The van der Waals surface area contributed by atoms with E-state index < -0.39 is 0 Å². The van der Waals surface area contributed by atoms with Crippen LogP contribution in [-0.4, -0.2) is 12.6 Å². The number of carbonyl (C=O) groups excluding carboxylic acids is 1. The first kappa shape index (κ1) is 10.7. The van der Waals surface area contributed by atoms with Gasteiger partial charge in [-0.2, -0.15) is 0 Å². The van der Waals surface area contributed by atoms with Gasteiger partial charge in [0.05, 0.1) is 12.0 Å². The monoisotopic (exact) mass is 208 g/mol. The molecule has 0 heterocycles. The van der Waals surface area contributed by atoms with E-state index in [0.717, 1.165) is 31.6 Å². The fourth-order valence-electron chi connectivity index (χ4n) is 2.94. The molecule has 0 radical (unpaired) electrons. The fourth-order valence-corrected chi connectivity index (χ4v) is 2.94. The van der Waals surface area contributed by atoms with Crippen LogP contribution in [0.2, 0.25) is 0 Å². The first-order chi connectivity index (χ1) is 7.18. The molecule has 0 amide bonds. The summed E-state index contributed by atoms with van der Waals surface area (Å²) in [6.07, 6.45) is 8.53. The number of hydrogen-bond acceptors (Lipinski definition) is 2. The van der Waals surface area contributed by atoms with Gasteiger partial charge in [0.2, 0.25) is 0 Å². The first-order valence-electron chi connectivity index (χ1n) is 6.02. The molecule has 2 heteroatoms. The SMILES string of the molecule is CCOC(=O)[C@]12CC=C[C@H](C1)[C@@H](C)CC2. The highest BCUT2D eigenvalue weighted by molar-refractivity contribution is 5.77. The van der Waals surface area contributed by atoms with Gasteiger partial charge in [0.15, 0.2) is 0 Å². The summed E-state index contributed by atoms with van der Waals surface area (Å²) in [7, 11) is 0. The van der Waals surface area contributed by atoms with E-state index in [2.05, 4.69) is 19.1 Å². The van der Waals surface area contributed by atoms with Crippen molar-refractivity contribution in [2.75, 3.05) is 6.61 Å². The minimum Gasteiger partial charge on any atom is -0.466 e. The average Bonchev–Trinajstić information content (AvgIpc) is 2.25. The lowest BCUT2D eigenvalue weighted by atomic mass is 9.61. The molecule has 1 fully saturated rings. The van der Waals surface area contributed by atoms with Crippen molar-refractivity contribution in [2.45, 2.75) is 39.5 Å². The molecule has 0 aromatic heterocycles. The molecule has 2 rings (SSSR count). The standard InChI is InChI=1S/C13H20O2/c1-3-15-12(14)13-7-4-5-11(9-13)10(2)6-8-13/h4-5,10-11H,3,6-9H2,1-2H3/t10-,11+,13-/m0/s1. The van der Waals surface area contributed by atoms with E-state index in [-0.39, 0.29) is 11.4 Å². The number of carbonyl (C=O) groups is 1. The van der Waals surface area contributed by atoms with Crippen LogP contribution >= 0.6 is 0 Å². The summed E-state index contributed by atoms with van der Waals surface area (Å²) in [4.78, 5) is 12.0. The van der Waals surface area contributed by atoms with Gasteiger partial charge in [0.1, 0.15) is 0 Å². The Balaban J connectivity index is 2.16. The molecule has 2 nitrogen and oxygen atoms in total. The van der Waals surface area contributed by atoms with Gasteiger partial charge in [0.25, 0.3) is 0 Å². The molecule has 2 bridgehead atoms. The number of fused-ring (bicyclic) bond motifs is 2. The third-order valence-electron chi connectivity index (χ3n) is 4.04. The lowest BCUT2D eigenvalue weighted by molar-refractivity contribution is -0.159. The molecule has 0 N–H and O–H groups in total. The molecular formula is C13H20O2. The molecule has 3 atom stereocenters. The van der Waals surface area contributed by atoms with Crippen LogP contribution in [-0.2, 0) is 9.53 Å². The van der Waals surface area contributed by atoms with Crippen molar-refractivity contribution in [3.63, 3.8) is 0 Å². The minimum atomic E-state index is -0.179. The third-order valence-corrected chi connectivity index (χ3v) is 4.04. The second-order valence-electron chi connectivity index (χ2n) is 5.02. The number of hydrogen-bond donors (Lipinski definition) is 0. The number of esters is 1. The predicted molar refractivity (Wildman–Crippen MR) is 59.3 cm³/mol. The Morgan fingerprint density at radius 3 is 3.13 bits per heavy atom. The number of allylic oxidation sites excluding steroid dienone is 2. The van der Waals surface area contributed by atoms with Crippen LogP contribution in [0.4, 0.5) is 0 Å². The summed E-state index contributed by atoms with van der Waals surface area (Å²) in [5, 5.41) is 0. The quantitative estimate of drug-likeness (QED) is 0.515. The Labute approximate surface area is 91.7 Å². The number of ether oxygens (including phenoxy) is 1. The third kappa shape index (κ3) is 1.82. The second-order valence-corrected chi connectivity index (χ2v) is 5.02. The number of rotatable bonds is 2. The van der Waals surface area contributed by atoms with Crippen LogP contribution in [0.15, 0.2) is 12.2 Å². The smallest absolute Gasteiger partial charge is 0.312 e. The molecular weight excluding hydrogens is 188 g/mol. The maximum Gasteiger partial charge on any atom is 0.312 e. The van der Waals surface area contributed by atoms with Crippen molar-refractivity contribution >= 4 is 5.97 Å². The fraction of sp³-hybridized carbons (Fsp3) is 0.769. The zero-order valence-corrected chi connectivity index (χ0v) is 9.66. The van der Waals surface area contributed by atoms with E-state index in [1.807, 2.05) is 6.92 Å². The van der Waals surface area contributed by atoms with Crippen LogP contribution in [0.25, 0.3) is 0 Å². The van der Waals surface area contributed by atoms with Crippen molar-refractivity contribution in [1.82, 2.24) is 0 Å². The van der Waals surface area contributed by atoms with E-state index in [0.29, 0.717) is 12.5 Å². The lowest BCUT2D eigenvalue weighted by Crippen LogP contribution is -2.41. The summed E-state index contributed by atoms with van der Waals surface area (Å²) < 4.78 is 5.22. The summed E-state index contributed by atoms with van der Waals surface area (Å²) in [6, 6.07) is 0. The molecule has 0 spiro atoms. The molecule has 2 aliphatic rings.